The van der Waals surface area contributed by atoms with Crippen molar-refractivity contribution in [2.75, 3.05) is 45.2 Å². The van der Waals surface area contributed by atoms with E-state index in [-0.39, 0.29) is 60.2 Å². The van der Waals surface area contributed by atoms with Gasteiger partial charge in [0.15, 0.2) is 0 Å². The standard InChI is InChI=1S/C24H27F3N6O6/c1-30-14-16(23(35)38-3)12-17(21(30)34)18-13-29-31(2)22(18)39-11-10-32(15-24(25,26)27)9-8-28-19-6-4-5-7-20(19)33(36)37/h4-7,12-14,28H,8-11,15H2,1-3H3. The number of benzene rings is 1. The number of aryl methyl sites for hydroxylation is 2. The highest BCUT2D eigenvalue weighted by atomic mass is 19.4. The fraction of sp³-hybridized carbons (Fsp3) is 0.375. The average Bonchev–Trinajstić information content (AvgIpc) is 3.24. The van der Waals surface area contributed by atoms with Crippen LogP contribution in [-0.4, -0.2) is 76.2 Å². The molecule has 0 bridgehead atoms. The number of nitro groups is 1. The zero-order valence-corrected chi connectivity index (χ0v) is 21.4. The van der Waals surface area contributed by atoms with Crippen LogP contribution in [0.1, 0.15) is 10.4 Å². The Morgan fingerprint density at radius 2 is 1.92 bits per heavy atom. The monoisotopic (exact) mass is 552 g/mol. The second kappa shape index (κ2) is 12.4. The van der Waals surface area contributed by atoms with Gasteiger partial charge in [0.05, 0.1) is 41.5 Å². The van der Waals surface area contributed by atoms with Crippen LogP contribution in [0.2, 0.25) is 0 Å². The van der Waals surface area contributed by atoms with E-state index in [2.05, 4.69) is 10.4 Å². The molecule has 0 saturated carbocycles. The molecule has 0 fully saturated rings. The lowest BCUT2D eigenvalue weighted by atomic mass is 10.1. The van der Waals surface area contributed by atoms with E-state index < -0.39 is 29.2 Å². The maximum absolute atomic E-state index is 13.2. The zero-order valence-electron chi connectivity index (χ0n) is 21.4. The molecule has 1 N–H and O–H groups in total. The van der Waals surface area contributed by atoms with E-state index in [1.165, 1.54) is 67.1 Å². The van der Waals surface area contributed by atoms with Crippen LogP contribution in [0.25, 0.3) is 11.1 Å². The maximum Gasteiger partial charge on any atom is 0.401 e. The molecule has 1 aromatic carbocycles. The van der Waals surface area contributed by atoms with Crippen molar-refractivity contribution in [2.24, 2.45) is 14.1 Å². The largest absolute Gasteiger partial charge is 0.476 e. The minimum Gasteiger partial charge on any atom is -0.476 e. The Hall–Kier alpha value is -4.40. The first-order valence-corrected chi connectivity index (χ1v) is 11.6. The maximum atomic E-state index is 13.2. The number of esters is 1. The molecule has 12 nitrogen and oxygen atoms in total. The minimum absolute atomic E-state index is 0.00819. The number of anilines is 1. The Kier molecular flexibility index (Phi) is 9.29. The molecule has 2 heterocycles. The number of pyridine rings is 1. The summed E-state index contributed by atoms with van der Waals surface area (Å²) in [5.74, 6) is -0.533. The van der Waals surface area contributed by atoms with Crippen molar-refractivity contribution in [3.63, 3.8) is 0 Å². The van der Waals surface area contributed by atoms with Gasteiger partial charge in [-0.1, -0.05) is 12.1 Å². The van der Waals surface area contributed by atoms with Crippen LogP contribution in [0.5, 0.6) is 5.88 Å². The molecular weight excluding hydrogens is 525 g/mol. The van der Waals surface area contributed by atoms with Gasteiger partial charge in [0.25, 0.3) is 11.2 Å². The summed E-state index contributed by atoms with van der Waals surface area (Å²) in [6, 6.07) is 7.17. The number of halogens is 3. The Balaban J connectivity index is 1.73. The van der Waals surface area contributed by atoms with Crippen LogP contribution >= 0.6 is 0 Å². The highest BCUT2D eigenvalue weighted by Gasteiger charge is 2.30. The molecule has 0 aliphatic rings. The summed E-state index contributed by atoms with van der Waals surface area (Å²) in [5, 5.41) is 18.1. The van der Waals surface area contributed by atoms with Gasteiger partial charge in [-0.15, -0.1) is 0 Å². The fourth-order valence-corrected chi connectivity index (χ4v) is 3.84. The molecular formula is C24H27F3N6O6. The third-order valence-electron chi connectivity index (χ3n) is 5.67. The summed E-state index contributed by atoms with van der Waals surface area (Å²) in [6.07, 6.45) is -1.81. The van der Waals surface area contributed by atoms with Crippen molar-refractivity contribution in [3.05, 3.63) is 68.8 Å². The zero-order chi connectivity index (χ0) is 28.7. The van der Waals surface area contributed by atoms with Gasteiger partial charge in [0.2, 0.25) is 5.88 Å². The number of carbonyl (C=O) groups is 1. The number of aromatic nitrogens is 3. The third-order valence-corrected chi connectivity index (χ3v) is 5.67. The van der Waals surface area contributed by atoms with Gasteiger partial charge in [0.1, 0.15) is 12.3 Å². The second-order valence-corrected chi connectivity index (χ2v) is 8.48. The molecule has 39 heavy (non-hydrogen) atoms. The Morgan fingerprint density at radius 3 is 2.59 bits per heavy atom. The number of para-hydroxylation sites is 2. The van der Waals surface area contributed by atoms with E-state index in [0.29, 0.717) is 0 Å². The van der Waals surface area contributed by atoms with Gasteiger partial charge in [-0.2, -0.15) is 18.3 Å². The summed E-state index contributed by atoms with van der Waals surface area (Å²) in [5.41, 5.74) is 0.0381. The van der Waals surface area contributed by atoms with E-state index in [1.54, 1.807) is 6.07 Å². The summed E-state index contributed by atoms with van der Waals surface area (Å²) in [7, 11) is 4.20. The smallest absolute Gasteiger partial charge is 0.401 e. The van der Waals surface area contributed by atoms with E-state index >= 15 is 0 Å². The molecule has 0 radical (unpaired) electrons. The molecule has 2 aromatic heterocycles. The number of nitro benzene ring substituents is 1. The molecule has 210 valence electrons. The van der Waals surface area contributed by atoms with Crippen molar-refractivity contribution >= 4 is 17.3 Å². The number of nitrogens with one attached hydrogen (secondary N) is 1. The molecule has 15 heteroatoms. The average molecular weight is 553 g/mol. The first-order valence-electron chi connectivity index (χ1n) is 11.6. The van der Waals surface area contributed by atoms with E-state index in [0.717, 1.165) is 4.90 Å². The molecule has 3 aromatic rings. The van der Waals surface area contributed by atoms with Crippen LogP contribution in [0.4, 0.5) is 24.5 Å². The number of methoxy groups -OCH3 is 1. The normalized spacial score (nSPS) is 11.5. The summed E-state index contributed by atoms with van der Waals surface area (Å²) in [6.45, 7) is -1.65. The fourth-order valence-electron chi connectivity index (χ4n) is 3.84. The van der Waals surface area contributed by atoms with Gasteiger partial charge >= 0.3 is 12.1 Å². The van der Waals surface area contributed by atoms with Crippen LogP contribution in [0, 0.1) is 10.1 Å². The Labute approximate surface area is 220 Å². The van der Waals surface area contributed by atoms with Crippen LogP contribution in [0.3, 0.4) is 0 Å². The quantitative estimate of drug-likeness (QED) is 0.205. The molecule has 0 unspecified atom stereocenters. The predicted octanol–water partition coefficient (Wildman–Crippen LogP) is 2.84. The molecule has 0 amide bonds. The van der Waals surface area contributed by atoms with Crippen LogP contribution in [-0.2, 0) is 18.8 Å². The summed E-state index contributed by atoms with van der Waals surface area (Å²) < 4.78 is 52.6. The topological polar surface area (TPSA) is 134 Å². The summed E-state index contributed by atoms with van der Waals surface area (Å²) in [4.78, 5) is 36.5. The SMILES string of the molecule is COC(=O)c1cc(-c2cnn(C)c2OCCN(CCNc2ccccc2[N+](=O)[O-])CC(F)(F)F)c(=O)n(C)c1. The second-order valence-electron chi connectivity index (χ2n) is 8.48. The number of hydrogen-bond acceptors (Lipinski definition) is 9. The number of hydrogen-bond donors (Lipinski definition) is 1. The number of nitrogens with zero attached hydrogens (tertiary/aromatic N) is 5. The molecule has 0 atom stereocenters. The first-order chi connectivity index (χ1) is 18.4. The van der Waals surface area contributed by atoms with Crippen molar-refractivity contribution in [1.29, 1.82) is 0 Å². The van der Waals surface area contributed by atoms with Gasteiger partial charge in [-0.3, -0.25) is 19.8 Å². The predicted molar refractivity (Wildman–Crippen MR) is 135 cm³/mol. The third kappa shape index (κ3) is 7.56. The summed E-state index contributed by atoms with van der Waals surface area (Å²) >= 11 is 0. The van der Waals surface area contributed by atoms with Crippen LogP contribution in [0.15, 0.2) is 47.5 Å². The highest BCUT2D eigenvalue weighted by molar-refractivity contribution is 5.90. The van der Waals surface area contributed by atoms with Crippen molar-refractivity contribution in [3.8, 4) is 17.0 Å². The van der Waals surface area contributed by atoms with Crippen molar-refractivity contribution in [2.45, 2.75) is 6.18 Å². The lowest BCUT2D eigenvalue weighted by Gasteiger charge is -2.24. The molecule has 3 rings (SSSR count). The van der Waals surface area contributed by atoms with Gasteiger partial charge in [-0.25, -0.2) is 9.48 Å². The number of alkyl halides is 3. The Bertz CT molecular complexity index is 1390. The minimum atomic E-state index is -4.49. The van der Waals surface area contributed by atoms with E-state index in [4.69, 9.17) is 9.47 Å². The molecule has 0 aliphatic heterocycles. The van der Waals surface area contributed by atoms with Gasteiger partial charge in [0, 0.05) is 46.0 Å². The lowest BCUT2D eigenvalue weighted by molar-refractivity contribution is -0.384. The molecule has 0 spiro atoms. The van der Waals surface area contributed by atoms with E-state index in [9.17, 15) is 32.9 Å². The Morgan fingerprint density at radius 1 is 1.21 bits per heavy atom. The molecule has 0 saturated heterocycles. The van der Waals surface area contributed by atoms with E-state index in [1.807, 2.05) is 0 Å². The van der Waals surface area contributed by atoms with Gasteiger partial charge in [-0.05, 0) is 12.1 Å². The number of ether oxygens (including phenoxy) is 2. The van der Waals surface area contributed by atoms with Crippen molar-refractivity contribution in [1.82, 2.24) is 19.2 Å². The number of carbonyl (C=O) groups excluding carboxylic acids is 1. The van der Waals surface area contributed by atoms with Crippen LogP contribution < -0.4 is 15.6 Å². The first kappa shape index (κ1) is 29.2. The lowest BCUT2D eigenvalue weighted by Crippen LogP contribution is -2.39. The molecule has 0 aliphatic carbocycles. The van der Waals surface area contributed by atoms with Gasteiger partial charge < -0.3 is 19.4 Å². The highest BCUT2D eigenvalue weighted by Crippen LogP contribution is 2.28. The van der Waals surface area contributed by atoms with Crippen molar-refractivity contribution < 1.29 is 32.4 Å². The number of rotatable bonds is 12.